The highest BCUT2D eigenvalue weighted by Gasteiger charge is 2.07. The zero-order valence-corrected chi connectivity index (χ0v) is 7.64. The topological polar surface area (TPSA) is 42.0 Å². The molecule has 0 unspecified atom stereocenters. The predicted molar refractivity (Wildman–Crippen MR) is 47.4 cm³/mol. The minimum absolute atomic E-state index is 0.191. The van der Waals surface area contributed by atoms with Gasteiger partial charge in [-0.1, -0.05) is 11.6 Å². The van der Waals surface area contributed by atoms with Crippen molar-refractivity contribution in [2.75, 3.05) is 7.05 Å². The number of halogens is 1. The van der Waals surface area contributed by atoms with Gasteiger partial charge in [-0.15, -0.1) is 0 Å². The lowest BCUT2D eigenvalue weighted by atomic mass is 10.2. The van der Waals surface area contributed by atoms with Gasteiger partial charge in [0.25, 0.3) is 5.91 Å². The number of carbonyl (C=O) groups excluding carboxylic acids is 1. The normalized spacial score (nSPS) is 9.58. The predicted octanol–water partition coefficient (Wildman–Crippen LogP) is 1.40. The summed E-state index contributed by atoms with van der Waals surface area (Å²) in [5.74, 6) is -0.191. The molecule has 0 saturated carbocycles. The molecule has 0 saturated heterocycles. The van der Waals surface area contributed by atoms with Gasteiger partial charge >= 0.3 is 0 Å². The van der Waals surface area contributed by atoms with Crippen LogP contribution in [0.5, 0.6) is 0 Å². The van der Waals surface area contributed by atoms with Gasteiger partial charge in [-0.3, -0.25) is 4.79 Å². The minimum Gasteiger partial charge on any atom is -0.354 e. The molecule has 0 bridgehead atoms. The van der Waals surface area contributed by atoms with Crippen LogP contribution < -0.4 is 5.32 Å². The van der Waals surface area contributed by atoms with E-state index >= 15 is 0 Å². The minimum atomic E-state index is -0.191. The Morgan fingerprint density at radius 1 is 1.67 bits per heavy atom. The van der Waals surface area contributed by atoms with Crippen LogP contribution in [0.2, 0.25) is 5.02 Å². The van der Waals surface area contributed by atoms with Crippen LogP contribution >= 0.6 is 11.6 Å². The van der Waals surface area contributed by atoms with Gasteiger partial charge in [-0.25, -0.2) is 4.98 Å². The lowest BCUT2D eigenvalue weighted by Crippen LogP contribution is -2.20. The third-order valence-corrected chi connectivity index (χ3v) is 1.69. The number of pyridine rings is 1. The molecule has 4 heteroatoms. The molecule has 0 aromatic carbocycles. The fourth-order valence-electron chi connectivity index (χ4n) is 0.897. The van der Waals surface area contributed by atoms with Crippen LogP contribution in [0.4, 0.5) is 0 Å². The fourth-order valence-corrected chi connectivity index (χ4v) is 1.11. The summed E-state index contributed by atoms with van der Waals surface area (Å²) in [7, 11) is 1.57. The van der Waals surface area contributed by atoms with Crippen LogP contribution in [0.15, 0.2) is 12.3 Å². The van der Waals surface area contributed by atoms with E-state index in [0.29, 0.717) is 10.7 Å². The summed E-state index contributed by atoms with van der Waals surface area (Å²) in [6.07, 6.45) is 1.46. The van der Waals surface area contributed by atoms with Gasteiger partial charge in [0.1, 0.15) is 5.69 Å². The molecule has 0 aliphatic rings. The Morgan fingerprint density at radius 3 is 2.83 bits per heavy atom. The summed E-state index contributed by atoms with van der Waals surface area (Å²) >= 11 is 5.67. The van der Waals surface area contributed by atoms with Crippen molar-refractivity contribution in [1.82, 2.24) is 10.3 Å². The van der Waals surface area contributed by atoms with Crippen LogP contribution in [-0.4, -0.2) is 17.9 Å². The van der Waals surface area contributed by atoms with E-state index < -0.39 is 0 Å². The van der Waals surface area contributed by atoms with Crippen LogP contribution in [0.1, 0.15) is 16.1 Å². The Balaban J connectivity index is 3.09. The van der Waals surface area contributed by atoms with Gasteiger partial charge in [-0.05, 0) is 18.6 Å². The number of rotatable bonds is 1. The first-order valence-electron chi connectivity index (χ1n) is 3.49. The maximum Gasteiger partial charge on any atom is 0.269 e. The molecule has 0 atom stereocenters. The number of hydrogen-bond acceptors (Lipinski definition) is 2. The summed E-state index contributed by atoms with van der Waals surface area (Å²) in [5.41, 5.74) is 1.20. The third kappa shape index (κ3) is 1.74. The van der Waals surface area contributed by atoms with Crippen molar-refractivity contribution >= 4 is 17.5 Å². The van der Waals surface area contributed by atoms with Gasteiger partial charge in [0, 0.05) is 13.2 Å². The number of nitrogens with one attached hydrogen (secondary N) is 1. The van der Waals surface area contributed by atoms with Crippen LogP contribution in [0.3, 0.4) is 0 Å². The SMILES string of the molecule is CNC(=O)c1ncc(Cl)cc1C. The zero-order valence-electron chi connectivity index (χ0n) is 6.89. The van der Waals surface area contributed by atoms with Crippen molar-refractivity contribution in [3.8, 4) is 0 Å². The van der Waals surface area contributed by atoms with E-state index in [0.717, 1.165) is 5.56 Å². The molecule has 1 heterocycles. The smallest absolute Gasteiger partial charge is 0.269 e. The molecule has 1 aromatic rings. The summed E-state index contributed by atoms with van der Waals surface area (Å²) < 4.78 is 0. The lowest BCUT2D eigenvalue weighted by Gasteiger charge is -2.02. The molecule has 1 rings (SSSR count). The Morgan fingerprint density at radius 2 is 2.33 bits per heavy atom. The second-order valence-corrected chi connectivity index (χ2v) is 2.83. The molecule has 0 aliphatic carbocycles. The van der Waals surface area contributed by atoms with E-state index in [9.17, 15) is 4.79 Å². The Bertz CT molecular complexity index is 312. The van der Waals surface area contributed by atoms with Crippen molar-refractivity contribution in [3.63, 3.8) is 0 Å². The van der Waals surface area contributed by atoms with Gasteiger partial charge in [0.2, 0.25) is 0 Å². The molecule has 1 amide bonds. The quantitative estimate of drug-likeness (QED) is 0.717. The number of carbonyl (C=O) groups is 1. The molecular weight excluding hydrogens is 176 g/mol. The van der Waals surface area contributed by atoms with Gasteiger partial charge in [0.05, 0.1) is 5.02 Å². The second-order valence-electron chi connectivity index (χ2n) is 2.40. The van der Waals surface area contributed by atoms with E-state index in [-0.39, 0.29) is 5.91 Å². The highest BCUT2D eigenvalue weighted by molar-refractivity contribution is 6.30. The average molecular weight is 185 g/mol. The highest BCUT2D eigenvalue weighted by atomic mass is 35.5. The molecule has 1 aromatic heterocycles. The number of nitrogens with zero attached hydrogens (tertiary/aromatic N) is 1. The second kappa shape index (κ2) is 3.54. The van der Waals surface area contributed by atoms with Crippen molar-refractivity contribution in [1.29, 1.82) is 0 Å². The van der Waals surface area contributed by atoms with E-state index in [2.05, 4.69) is 10.3 Å². The van der Waals surface area contributed by atoms with Crippen LogP contribution in [0.25, 0.3) is 0 Å². The first-order valence-corrected chi connectivity index (χ1v) is 3.87. The largest absolute Gasteiger partial charge is 0.354 e. The van der Waals surface area contributed by atoms with Gasteiger partial charge in [0.15, 0.2) is 0 Å². The molecule has 0 radical (unpaired) electrons. The number of aromatic nitrogens is 1. The number of hydrogen-bond donors (Lipinski definition) is 1. The molecule has 0 aliphatic heterocycles. The van der Waals surface area contributed by atoms with Gasteiger partial charge < -0.3 is 5.32 Å². The van der Waals surface area contributed by atoms with Crippen LogP contribution in [0, 0.1) is 6.92 Å². The van der Waals surface area contributed by atoms with Crippen molar-refractivity contribution < 1.29 is 4.79 Å². The molecule has 1 N–H and O–H groups in total. The first kappa shape index (κ1) is 9.00. The molecule has 0 spiro atoms. The molecule has 0 fully saturated rings. The summed E-state index contributed by atoms with van der Waals surface area (Å²) in [6, 6.07) is 1.71. The number of aryl methyl sites for hydroxylation is 1. The van der Waals surface area contributed by atoms with Crippen molar-refractivity contribution in [3.05, 3.63) is 28.5 Å². The van der Waals surface area contributed by atoms with Gasteiger partial charge in [-0.2, -0.15) is 0 Å². The Hall–Kier alpha value is -1.09. The van der Waals surface area contributed by atoms with Crippen molar-refractivity contribution in [2.45, 2.75) is 6.92 Å². The Kier molecular flexibility index (Phi) is 2.65. The molecule has 12 heavy (non-hydrogen) atoms. The standard InChI is InChI=1S/C8H9ClN2O/c1-5-3-6(9)4-11-7(5)8(12)10-2/h3-4H,1-2H3,(H,10,12). The lowest BCUT2D eigenvalue weighted by molar-refractivity contribution is 0.0957. The summed E-state index contributed by atoms with van der Waals surface area (Å²) in [5, 5.41) is 3.04. The van der Waals surface area contributed by atoms with Crippen LogP contribution in [-0.2, 0) is 0 Å². The maximum absolute atomic E-state index is 11.1. The van der Waals surface area contributed by atoms with E-state index in [1.165, 1.54) is 6.20 Å². The van der Waals surface area contributed by atoms with E-state index in [1.807, 2.05) is 0 Å². The first-order chi connectivity index (χ1) is 5.65. The number of amides is 1. The average Bonchev–Trinajstić information content (AvgIpc) is 2.03. The van der Waals surface area contributed by atoms with E-state index in [4.69, 9.17) is 11.6 Å². The summed E-state index contributed by atoms with van der Waals surface area (Å²) in [4.78, 5) is 15.0. The summed E-state index contributed by atoms with van der Waals surface area (Å²) in [6.45, 7) is 1.80. The highest BCUT2D eigenvalue weighted by Crippen LogP contribution is 2.11. The van der Waals surface area contributed by atoms with E-state index in [1.54, 1.807) is 20.0 Å². The molecule has 3 nitrogen and oxygen atoms in total. The monoisotopic (exact) mass is 184 g/mol. The molecular formula is C8H9ClN2O. The Labute approximate surface area is 75.8 Å². The fraction of sp³-hybridized carbons (Fsp3) is 0.250. The zero-order chi connectivity index (χ0) is 9.14. The third-order valence-electron chi connectivity index (χ3n) is 1.49. The maximum atomic E-state index is 11.1. The van der Waals surface area contributed by atoms with Crippen molar-refractivity contribution in [2.24, 2.45) is 0 Å². The molecule has 64 valence electrons.